The van der Waals surface area contributed by atoms with Gasteiger partial charge >= 0.3 is 0 Å². The molecule has 0 aliphatic rings. The molecule has 4 nitrogen and oxygen atoms in total. The second kappa shape index (κ2) is 7.00. The van der Waals surface area contributed by atoms with Crippen LogP contribution in [0.25, 0.3) is 5.69 Å². The van der Waals surface area contributed by atoms with E-state index in [1.54, 1.807) is 6.20 Å². The second-order valence-electron chi connectivity index (χ2n) is 4.98. The predicted molar refractivity (Wildman–Crippen MR) is 87.2 cm³/mol. The van der Waals surface area contributed by atoms with E-state index in [-0.39, 0.29) is 17.2 Å². The summed E-state index contributed by atoms with van der Waals surface area (Å²) in [6, 6.07) is 7.67. The van der Waals surface area contributed by atoms with Gasteiger partial charge < -0.3 is 5.32 Å². The molecule has 0 saturated heterocycles. The van der Waals surface area contributed by atoms with E-state index in [4.69, 9.17) is 11.6 Å². The molecule has 0 saturated carbocycles. The number of nitrogens with one attached hydrogen (secondary N) is 1. The third kappa shape index (κ3) is 4.25. The van der Waals surface area contributed by atoms with Crippen LogP contribution < -0.4 is 5.32 Å². The van der Waals surface area contributed by atoms with Gasteiger partial charge in [-0.2, -0.15) is 0 Å². The quantitative estimate of drug-likeness (QED) is 0.856. The number of halogens is 1. The first-order valence-electron chi connectivity index (χ1n) is 6.73. The van der Waals surface area contributed by atoms with Crippen LogP contribution in [0.3, 0.4) is 0 Å². The summed E-state index contributed by atoms with van der Waals surface area (Å²) in [5.74, 6) is 0.00986. The SMILES string of the molecule is CC(C)NC(=O)C(C)Sc1nccn1-c1cccc(Cl)c1. The number of hydrogen-bond acceptors (Lipinski definition) is 3. The number of aromatic nitrogens is 2. The van der Waals surface area contributed by atoms with Crippen LogP contribution in [0.1, 0.15) is 20.8 Å². The van der Waals surface area contributed by atoms with Crippen LogP contribution in [0.15, 0.2) is 41.8 Å². The highest BCUT2D eigenvalue weighted by atomic mass is 35.5. The summed E-state index contributed by atoms with van der Waals surface area (Å²) in [5, 5.41) is 4.13. The van der Waals surface area contributed by atoms with E-state index in [1.807, 2.05) is 55.8 Å². The molecule has 1 unspecified atom stereocenters. The van der Waals surface area contributed by atoms with Gasteiger partial charge in [0.05, 0.1) is 5.25 Å². The third-order valence-electron chi connectivity index (χ3n) is 2.78. The Morgan fingerprint density at radius 2 is 2.14 bits per heavy atom. The van der Waals surface area contributed by atoms with Crippen molar-refractivity contribution in [2.45, 2.75) is 37.2 Å². The van der Waals surface area contributed by atoms with Gasteiger partial charge in [-0.1, -0.05) is 29.4 Å². The fraction of sp³-hybridized carbons (Fsp3) is 0.333. The van der Waals surface area contributed by atoms with Gasteiger partial charge in [-0.25, -0.2) is 4.98 Å². The molecule has 2 rings (SSSR count). The molecule has 2 aromatic rings. The zero-order valence-corrected chi connectivity index (χ0v) is 13.8. The molecule has 0 spiro atoms. The number of nitrogens with zero attached hydrogens (tertiary/aromatic N) is 2. The van der Waals surface area contributed by atoms with Crippen LogP contribution in [-0.2, 0) is 4.79 Å². The molecule has 21 heavy (non-hydrogen) atoms. The average molecular weight is 324 g/mol. The number of amides is 1. The highest BCUT2D eigenvalue weighted by molar-refractivity contribution is 8.00. The molecule has 1 heterocycles. The molecule has 1 atom stereocenters. The fourth-order valence-corrected chi connectivity index (χ4v) is 2.89. The Labute approximate surface area is 133 Å². The maximum atomic E-state index is 12.0. The summed E-state index contributed by atoms with van der Waals surface area (Å²) < 4.78 is 1.93. The van der Waals surface area contributed by atoms with Crippen molar-refractivity contribution in [1.82, 2.24) is 14.9 Å². The van der Waals surface area contributed by atoms with Crippen molar-refractivity contribution in [3.63, 3.8) is 0 Å². The van der Waals surface area contributed by atoms with Crippen LogP contribution in [-0.4, -0.2) is 26.8 Å². The van der Waals surface area contributed by atoms with E-state index in [0.717, 1.165) is 10.8 Å². The second-order valence-corrected chi connectivity index (χ2v) is 6.73. The number of carbonyl (C=O) groups excluding carboxylic acids is 1. The molecule has 0 aliphatic carbocycles. The highest BCUT2D eigenvalue weighted by Gasteiger charge is 2.18. The van der Waals surface area contributed by atoms with Gasteiger partial charge in [-0.15, -0.1) is 0 Å². The minimum absolute atomic E-state index is 0.00986. The molecule has 0 radical (unpaired) electrons. The largest absolute Gasteiger partial charge is 0.353 e. The van der Waals surface area contributed by atoms with E-state index in [1.165, 1.54) is 11.8 Å². The molecule has 1 N–H and O–H groups in total. The van der Waals surface area contributed by atoms with E-state index in [0.29, 0.717) is 5.02 Å². The topological polar surface area (TPSA) is 46.9 Å². The van der Waals surface area contributed by atoms with Gasteiger partial charge in [0, 0.05) is 29.1 Å². The van der Waals surface area contributed by atoms with Gasteiger partial charge in [0.1, 0.15) is 0 Å². The van der Waals surface area contributed by atoms with Crippen LogP contribution in [0, 0.1) is 0 Å². The number of thioether (sulfide) groups is 1. The normalized spacial score (nSPS) is 12.4. The molecule has 1 aromatic carbocycles. The maximum absolute atomic E-state index is 12.0. The summed E-state index contributed by atoms with van der Waals surface area (Å²) in [7, 11) is 0. The first-order valence-corrected chi connectivity index (χ1v) is 7.99. The van der Waals surface area contributed by atoms with Crippen LogP contribution in [0.4, 0.5) is 0 Å². The zero-order chi connectivity index (χ0) is 15.4. The summed E-state index contributed by atoms with van der Waals surface area (Å²) in [6.07, 6.45) is 3.58. The minimum atomic E-state index is -0.215. The number of hydrogen-bond donors (Lipinski definition) is 1. The van der Waals surface area contributed by atoms with Crippen LogP contribution in [0.2, 0.25) is 5.02 Å². The van der Waals surface area contributed by atoms with E-state index in [2.05, 4.69) is 10.3 Å². The number of carbonyl (C=O) groups is 1. The van der Waals surface area contributed by atoms with Crippen molar-refractivity contribution >= 4 is 29.3 Å². The van der Waals surface area contributed by atoms with Gasteiger partial charge in [-0.05, 0) is 39.0 Å². The average Bonchev–Trinajstić information content (AvgIpc) is 2.86. The lowest BCUT2D eigenvalue weighted by Gasteiger charge is -2.15. The van der Waals surface area contributed by atoms with Crippen molar-refractivity contribution in [1.29, 1.82) is 0 Å². The molecule has 1 aromatic heterocycles. The Morgan fingerprint density at radius 1 is 1.38 bits per heavy atom. The number of imidazole rings is 1. The third-order valence-corrected chi connectivity index (χ3v) is 4.09. The van der Waals surface area contributed by atoms with Gasteiger partial charge in [0.15, 0.2) is 5.16 Å². The van der Waals surface area contributed by atoms with Crippen molar-refractivity contribution in [3.8, 4) is 5.69 Å². The minimum Gasteiger partial charge on any atom is -0.353 e. The standard InChI is InChI=1S/C15H18ClN3OS/c1-10(2)18-14(20)11(3)21-15-17-7-8-19(15)13-6-4-5-12(16)9-13/h4-11H,1-3H3,(H,18,20). The lowest BCUT2D eigenvalue weighted by Crippen LogP contribution is -2.36. The molecular weight excluding hydrogens is 306 g/mol. The first-order chi connectivity index (χ1) is 9.97. The Bertz CT molecular complexity index is 627. The summed E-state index contributed by atoms with van der Waals surface area (Å²) in [4.78, 5) is 16.3. The molecule has 0 bridgehead atoms. The van der Waals surface area contributed by atoms with E-state index < -0.39 is 0 Å². The van der Waals surface area contributed by atoms with Crippen molar-refractivity contribution < 1.29 is 4.79 Å². The van der Waals surface area contributed by atoms with Crippen molar-refractivity contribution in [3.05, 3.63) is 41.7 Å². The Balaban J connectivity index is 2.16. The zero-order valence-electron chi connectivity index (χ0n) is 12.2. The smallest absolute Gasteiger partial charge is 0.233 e. The Hall–Kier alpha value is -1.46. The Kier molecular flexibility index (Phi) is 5.31. The summed E-state index contributed by atoms with van der Waals surface area (Å²) in [5.41, 5.74) is 0.930. The van der Waals surface area contributed by atoms with E-state index >= 15 is 0 Å². The maximum Gasteiger partial charge on any atom is 0.233 e. The first kappa shape index (κ1) is 15.9. The highest BCUT2D eigenvalue weighted by Crippen LogP contribution is 2.25. The molecule has 1 amide bonds. The molecule has 112 valence electrons. The molecule has 6 heteroatoms. The number of benzene rings is 1. The summed E-state index contributed by atoms with van der Waals surface area (Å²) in [6.45, 7) is 5.77. The fourth-order valence-electron chi connectivity index (χ4n) is 1.81. The Morgan fingerprint density at radius 3 is 2.81 bits per heavy atom. The monoisotopic (exact) mass is 323 g/mol. The van der Waals surface area contributed by atoms with Crippen molar-refractivity contribution in [2.24, 2.45) is 0 Å². The molecule has 0 fully saturated rings. The van der Waals surface area contributed by atoms with E-state index in [9.17, 15) is 4.79 Å². The lowest BCUT2D eigenvalue weighted by atomic mass is 10.3. The summed E-state index contributed by atoms with van der Waals surface area (Å²) >= 11 is 7.45. The predicted octanol–water partition coefficient (Wildman–Crippen LogP) is 3.53. The molecule has 0 aliphatic heterocycles. The lowest BCUT2D eigenvalue weighted by molar-refractivity contribution is -0.120. The van der Waals surface area contributed by atoms with Crippen molar-refractivity contribution in [2.75, 3.05) is 0 Å². The molecular formula is C15H18ClN3OS. The van der Waals surface area contributed by atoms with Crippen LogP contribution in [0.5, 0.6) is 0 Å². The van der Waals surface area contributed by atoms with Gasteiger partial charge in [0.25, 0.3) is 0 Å². The number of rotatable bonds is 5. The van der Waals surface area contributed by atoms with Gasteiger partial charge in [-0.3, -0.25) is 9.36 Å². The van der Waals surface area contributed by atoms with Crippen LogP contribution >= 0.6 is 23.4 Å². The van der Waals surface area contributed by atoms with Gasteiger partial charge in [0.2, 0.25) is 5.91 Å².